The summed E-state index contributed by atoms with van der Waals surface area (Å²) in [6.07, 6.45) is 0.496. The van der Waals surface area contributed by atoms with Gasteiger partial charge in [-0.15, -0.1) is 0 Å². The molecule has 0 radical (unpaired) electrons. The minimum Gasteiger partial charge on any atom is -0.383 e. The Bertz CT molecular complexity index is 424. The Morgan fingerprint density at radius 2 is 2.22 bits per heavy atom. The van der Waals surface area contributed by atoms with Gasteiger partial charge in [0.15, 0.2) is 0 Å². The molecule has 0 aromatic carbocycles. The van der Waals surface area contributed by atoms with Crippen molar-refractivity contribution < 1.29 is 4.74 Å². The van der Waals surface area contributed by atoms with Gasteiger partial charge in [0.05, 0.1) is 24.8 Å². The third kappa shape index (κ3) is 3.47. The molecule has 1 rings (SSSR count). The number of anilines is 1. The van der Waals surface area contributed by atoms with Gasteiger partial charge in [0.25, 0.3) is 0 Å². The quantitative estimate of drug-likeness (QED) is 0.722. The van der Waals surface area contributed by atoms with Crippen LogP contribution in [0.1, 0.15) is 17.7 Å². The molecule has 5 nitrogen and oxygen atoms in total. The van der Waals surface area contributed by atoms with E-state index >= 15 is 0 Å². The maximum Gasteiger partial charge on any atom is 0.130 e. The fourth-order valence-corrected chi connectivity index (χ4v) is 2.61. The van der Waals surface area contributed by atoms with Crippen molar-refractivity contribution in [3.05, 3.63) is 11.3 Å². The number of halogens is 1. The average Bonchev–Trinajstić information content (AvgIpc) is 2.64. The molecule has 0 spiro atoms. The highest BCUT2D eigenvalue weighted by Crippen LogP contribution is 2.25. The van der Waals surface area contributed by atoms with Crippen LogP contribution >= 0.6 is 15.9 Å². The molecule has 1 aromatic heterocycles. The lowest BCUT2D eigenvalue weighted by atomic mass is 10.2. The summed E-state index contributed by atoms with van der Waals surface area (Å²) in [6, 6.07) is 2.18. The number of aryl methyl sites for hydroxylation is 2. The lowest BCUT2D eigenvalue weighted by Crippen LogP contribution is -2.30. The summed E-state index contributed by atoms with van der Waals surface area (Å²) in [5.74, 6) is 1.07. The van der Waals surface area contributed by atoms with E-state index in [-0.39, 0.29) is 0 Å². The summed E-state index contributed by atoms with van der Waals surface area (Å²) in [7, 11) is 3.61. The van der Waals surface area contributed by atoms with Crippen LogP contribution in [0.4, 0.5) is 5.82 Å². The number of hydrogen-bond donors (Lipinski definition) is 0. The zero-order valence-electron chi connectivity index (χ0n) is 11.1. The van der Waals surface area contributed by atoms with Gasteiger partial charge in [0.1, 0.15) is 5.82 Å². The molecule has 0 aliphatic rings. The molecule has 0 N–H and O–H groups in total. The number of alkyl halides is 1. The van der Waals surface area contributed by atoms with Gasteiger partial charge in [-0.05, 0) is 6.92 Å². The second-order valence-corrected chi connectivity index (χ2v) is 4.59. The van der Waals surface area contributed by atoms with Gasteiger partial charge >= 0.3 is 0 Å². The Balaban J connectivity index is 2.99. The van der Waals surface area contributed by atoms with Crippen molar-refractivity contribution in [3.8, 4) is 6.07 Å². The Labute approximate surface area is 116 Å². The first kappa shape index (κ1) is 15.0. The van der Waals surface area contributed by atoms with Gasteiger partial charge in [-0.25, -0.2) is 0 Å². The van der Waals surface area contributed by atoms with Gasteiger partial charge in [0, 0.05) is 38.1 Å². The molecule has 6 heteroatoms. The lowest BCUT2D eigenvalue weighted by molar-refractivity contribution is 0.205. The molecule has 1 aromatic rings. The van der Waals surface area contributed by atoms with Crippen LogP contribution in [0.5, 0.6) is 0 Å². The first-order chi connectivity index (χ1) is 8.65. The molecule has 0 aliphatic carbocycles. The van der Waals surface area contributed by atoms with Crippen LogP contribution in [0.2, 0.25) is 0 Å². The molecule has 18 heavy (non-hydrogen) atoms. The minimum absolute atomic E-state index is 0.496. The number of methoxy groups -OCH3 is 1. The van der Waals surface area contributed by atoms with Crippen molar-refractivity contribution in [2.24, 2.45) is 7.05 Å². The SMILES string of the molecule is COCCN(CCC#N)c1c(CBr)c(C)nn1C. The molecule has 0 amide bonds. The zero-order chi connectivity index (χ0) is 13.5. The van der Waals surface area contributed by atoms with Gasteiger partial charge in [0.2, 0.25) is 0 Å². The highest BCUT2D eigenvalue weighted by Gasteiger charge is 2.18. The van der Waals surface area contributed by atoms with Crippen molar-refractivity contribution in [3.63, 3.8) is 0 Å². The predicted molar refractivity (Wildman–Crippen MR) is 74.9 cm³/mol. The third-order valence-corrected chi connectivity index (χ3v) is 3.37. The van der Waals surface area contributed by atoms with Crippen molar-refractivity contribution in [2.45, 2.75) is 18.7 Å². The largest absolute Gasteiger partial charge is 0.383 e. The van der Waals surface area contributed by atoms with Gasteiger partial charge < -0.3 is 9.64 Å². The number of nitriles is 1. The second-order valence-electron chi connectivity index (χ2n) is 4.03. The highest BCUT2D eigenvalue weighted by molar-refractivity contribution is 9.08. The molecule has 1 heterocycles. The minimum atomic E-state index is 0.496. The Hall–Kier alpha value is -1.06. The fourth-order valence-electron chi connectivity index (χ4n) is 1.95. The van der Waals surface area contributed by atoms with Crippen molar-refractivity contribution >= 4 is 21.7 Å². The van der Waals surface area contributed by atoms with Crippen molar-refractivity contribution in [1.82, 2.24) is 9.78 Å². The first-order valence-electron chi connectivity index (χ1n) is 5.85. The Morgan fingerprint density at radius 1 is 1.50 bits per heavy atom. The molecule has 0 saturated carbocycles. The molecule has 0 saturated heterocycles. The van der Waals surface area contributed by atoms with E-state index in [0.717, 1.165) is 23.4 Å². The molecule has 0 atom stereocenters. The summed E-state index contributed by atoms with van der Waals surface area (Å²) in [5, 5.41) is 14.0. The standard InChI is InChI=1S/C12H19BrN4O/c1-10-11(9-13)12(16(2)15-10)17(6-4-5-14)7-8-18-3/h4,6-9H2,1-3H3. The average molecular weight is 315 g/mol. The van der Waals surface area contributed by atoms with E-state index in [1.807, 2.05) is 18.7 Å². The van der Waals surface area contributed by atoms with E-state index < -0.39 is 0 Å². The summed E-state index contributed by atoms with van der Waals surface area (Å²) in [5.41, 5.74) is 2.19. The molecule has 0 unspecified atom stereocenters. The van der Waals surface area contributed by atoms with Crippen molar-refractivity contribution in [2.75, 3.05) is 31.7 Å². The first-order valence-corrected chi connectivity index (χ1v) is 6.97. The summed E-state index contributed by atoms with van der Waals surface area (Å²) in [6.45, 7) is 4.09. The summed E-state index contributed by atoms with van der Waals surface area (Å²) >= 11 is 3.50. The third-order valence-electron chi connectivity index (χ3n) is 2.81. The van der Waals surface area contributed by atoms with Crippen LogP contribution in [0, 0.1) is 18.3 Å². The normalized spacial score (nSPS) is 10.4. The van der Waals surface area contributed by atoms with Crippen LogP contribution in [0.3, 0.4) is 0 Å². The molecular weight excluding hydrogens is 296 g/mol. The van der Waals surface area contributed by atoms with Gasteiger partial charge in [-0.3, -0.25) is 4.68 Å². The van der Waals surface area contributed by atoms with Crippen LogP contribution in [-0.2, 0) is 17.1 Å². The van der Waals surface area contributed by atoms with Crippen LogP contribution in [0.15, 0.2) is 0 Å². The summed E-state index contributed by atoms with van der Waals surface area (Å²) < 4.78 is 7.00. The molecule has 0 fully saturated rings. The van der Waals surface area contributed by atoms with E-state index in [4.69, 9.17) is 10.00 Å². The maximum absolute atomic E-state index is 8.75. The Morgan fingerprint density at radius 3 is 2.78 bits per heavy atom. The van der Waals surface area contributed by atoms with E-state index in [0.29, 0.717) is 19.6 Å². The Kier molecular flexibility index (Phi) is 6.16. The number of nitrogens with zero attached hydrogens (tertiary/aromatic N) is 4. The van der Waals surface area contributed by atoms with E-state index in [9.17, 15) is 0 Å². The van der Waals surface area contributed by atoms with E-state index in [2.05, 4.69) is 32.0 Å². The second kappa shape index (κ2) is 7.39. The van der Waals surface area contributed by atoms with Crippen LogP contribution in [-0.4, -0.2) is 36.6 Å². The molecular formula is C12H19BrN4O. The molecule has 100 valence electrons. The molecule has 0 bridgehead atoms. The number of ether oxygens (including phenoxy) is 1. The number of aromatic nitrogens is 2. The van der Waals surface area contributed by atoms with E-state index in [1.54, 1.807) is 7.11 Å². The molecule has 0 aliphatic heterocycles. The van der Waals surface area contributed by atoms with Crippen LogP contribution in [0.25, 0.3) is 0 Å². The fraction of sp³-hybridized carbons (Fsp3) is 0.667. The lowest BCUT2D eigenvalue weighted by Gasteiger charge is -2.24. The smallest absolute Gasteiger partial charge is 0.130 e. The highest BCUT2D eigenvalue weighted by atomic mass is 79.9. The summed E-state index contributed by atoms with van der Waals surface area (Å²) in [4.78, 5) is 2.16. The van der Waals surface area contributed by atoms with Crippen molar-refractivity contribution in [1.29, 1.82) is 5.26 Å². The monoisotopic (exact) mass is 314 g/mol. The van der Waals surface area contributed by atoms with Gasteiger partial charge in [-0.2, -0.15) is 10.4 Å². The van der Waals surface area contributed by atoms with E-state index in [1.165, 1.54) is 5.56 Å². The van der Waals surface area contributed by atoms with Crippen LogP contribution < -0.4 is 4.90 Å². The predicted octanol–water partition coefficient (Wildman–Crippen LogP) is 1.99. The number of rotatable bonds is 7. The topological polar surface area (TPSA) is 54.1 Å². The maximum atomic E-state index is 8.75. The zero-order valence-corrected chi connectivity index (χ0v) is 12.7. The van der Waals surface area contributed by atoms with Gasteiger partial charge in [-0.1, -0.05) is 15.9 Å². The number of hydrogen-bond acceptors (Lipinski definition) is 4.